The molecule has 1 aliphatic rings. The number of H-pyrrole nitrogens is 1. The summed E-state index contributed by atoms with van der Waals surface area (Å²) in [7, 11) is 0. The van der Waals surface area contributed by atoms with Gasteiger partial charge in [0, 0.05) is 24.7 Å². The summed E-state index contributed by atoms with van der Waals surface area (Å²) in [5.41, 5.74) is -3.32. The Hall–Kier alpha value is -2.52. The third kappa shape index (κ3) is 6.13. The number of nitrogens with zero attached hydrogens (tertiary/aromatic N) is 5. The van der Waals surface area contributed by atoms with Crippen molar-refractivity contribution < 1.29 is 26.3 Å². The molecule has 2 N–H and O–H groups in total. The van der Waals surface area contributed by atoms with Gasteiger partial charge in [-0.1, -0.05) is 11.6 Å². The lowest BCUT2D eigenvalue weighted by Gasteiger charge is -2.13. The molecule has 4 rings (SSSR count). The molecule has 0 fully saturated rings. The van der Waals surface area contributed by atoms with E-state index in [2.05, 4.69) is 35.5 Å². The number of thioether (sulfide) groups is 1. The number of hydrogen-bond donors (Lipinski definition) is 2. The van der Waals surface area contributed by atoms with Crippen LogP contribution in [0.2, 0.25) is 5.15 Å². The molecule has 0 spiro atoms. The molecule has 1 aromatic carbocycles. The van der Waals surface area contributed by atoms with Gasteiger partial charge in [0.15, 0.2) is 16.1 Å². The fourth-order valence-corrected chi connectivity index (χ4v) is 4.61. The number of alkyl halides is 6. The maximum atomic E-state index is 13.1. The number of aliphatic imine (C=N–C) groups is 1. The highest BCUT2D eigenvalue weighted by molar-refractivity contribution is 8.13. The third-order valence-electron chi connectivity index (χ3n) is 4.23. The number of amidine groups is 1. The van der Waals surface area contributed by atoms with Crippen molar-refractivity contribution in [3.8, 4) is 11.4 Å². The first-order chi connectivity index (χ1) is 16.0. The zero-order valence-electron chi connectivity index (χ0n) is 16.6. The molecule has 16 heteroatoms. The fourth-order valence-electron chi connectivity index (χ4n) is 2.75. The van der Waals surface area contributed by atoms with Gasteiger partial charge in [0.2, 0.25) is 5.16 Å². The van der Waals surface area contributed by atoms with Crippen LogP contribution in [0.5, 0.6) is 0 Å². The Morgan fingerprint density at radius 1 is 0.853 bits per heavy atom. The van der Waals surface area contributed by atoms with E-state index in [4.69, 9.17) is 11.6 Å². The van der Waals surface area contributed by atoms with Crippen LogP contribution < -0.4 is 5.32 Å². The van der Waals surface area contributed by atoms with Gasteiger partial charge in [0.1, 0.15) is 10.2 Å². The second-order valence-electron chi connectivity index (χ2n) is 6.74. The molecule has 2 aromatic heterocycles. The van der Waals surface area contributed by atoms with Gasteiger partial charge < -0.3 is 5.32 Å². The van der Waals surface area contributed by atoms with Gasteiger partial charge in [-0.25, -0.2) is 15.0 Å². The van der Waals surface area contributed by atoms with Crippen molar-refractivity contribution in [3.05, 3.63) is 40.5 Å². The van der Waals surface area contributed by atoms with Gasteiger partial charge in [-0.3, -0.25) is 10.1 Å². The number of rotatable bonds is 4. The first-order valence-electron chi connectivity index (χ1n) is 9.38. The highest BCUT2D eigenvalue weighted by atomic mass is 35.5. The quantitative estimate of drug-likeness (QED) is 0.255. The largest absolute Gasteiger partial charge is 0.416 e. The summed E-state index contributed by atoms with van der Waals surface area (Å²) in [4.78, 5) is 16.7. The lowest BCUT2D eigenvalue weighted by molar-refractivity contribution is -0.143. The lowest BCUT2D eigenvalue weighted by Crippen LogP contribution is -2.26. The summed E-state index contributed by atoms with van der Waals surface area (Å²) >= 11 is 8.13. The van der Waals surface area contributed by atoms with Crippen LogP contribution in [0.3, 0.4) is 0 Å². The SMILES string of the molecule is FC(F)(F)c1cc(-c2nc(Sc3cc(Cl)nc(SC4=NCCCN4)n3)n[nH]2)cc(C(F)(F)F)c1. The van der Waals surface area contributed by atoms with Crippen LogP contribution in [0.15, 0.2) is 44.6 Å². The minimum atomic E-state index is -4.98. The number of hydrogen-bond acceptors (Lipinski definition) is 8. The van der Waals surface area contributed by atoms with Crippen LogP contribution in [0, 0.1) is 0 Å². The predicted octanol–water partition coefficient (Wildman–Crippen LogP) is 5.55. The van der Waals surface area contributed by atoms with Crippen LogP contribution in [-0.2, 0) is 12.4 Å². The lowest BCUT2D eigenvalue weighted by atomic mass is 10.0. The van der Waals surface area contributed by atoms with Gasteiger partial charge in [-0.2, -0.15) is 26.3 Å². The van der Waals surface area contributed by atoms with E-state index in [1.54, 1.807) is 0 Å². The number of aromatic amines is 1. The van der Waals surface area contributed by atoms with E-state index in [0.29, 0.717) is 34.0 Å². The summed E-state index contributed by atoms with van der Waals surface area (Å²) in [5.74, 6) is -0.269. The van der Waals surface area contributed by atoms with Crippen LogP contribution in [0.4, 0.5) is 26.3 Å². The number of halogens is 7. The molecule has 0 amide bonds. The van der Waals surface area contributed by atoms with E-state index in [9.17, 15) is 26.3 Å². The minimum Gasteiger partial charge on any atom is -0.364 e. The van der Waals surface area contributed by atoms with Crippen LogP contribution in [0.25, 0.3) is 11.4 Å². The second kappa shape index (κ2) is 9.62. The van der Waals surface area contributed by atoms with Crippen LogP contribution in [0.1, 0.15) is 17.5 Å². The second-order valence-corrected chi connectivity index (χ2v) is 9.07. The molecule has 180 valence electrons. The van der Waals surface area contributed by atoms with Crippen molar-refractivity contribution >= 4 is 40.3 Å². The van der Waals surface area contributed by atoms with Gasteiger partial charge in [0.25, 0.3) is 0 Å². The molecule has 3 aromatic rings. The molecule has 0 unspecified atom stereocenters. The summed E-state index contributed by atoms with van der Waals surface area (Å²) in [6.45, 7) is 1.43. The van der Waals surface area contributed by atoms with E-state index < -0.39 is 29.0 Å². The van der Waals surface area contributed by atoms with Crippen molar-refractivity contribution in [2.75, 3.05) is 13.1 Å². The summed E-state index contributed by atoms with van der Waals surface area (Å²) in [6.07, 6.45) is -9.04. The maximum absolute atomic E-state index is 13.1. The van der Waals surface area contributed by atoms with Gasteiger partial charge in [-0.05, 0) is 48.1 Å². The Morgan fingerprint density at radius 3 is 2.18 bits per heavy atom. The molecule has 0 radical (unpaired) electrons. The zero-order chi connectivity index (χ0) is 24.5. The summed E-state index contributed by atoms with van der Waals surface area (Å²) in [5, 5.41) is 10.7. The van der Waals surface area contributed by atoms with E-state index in [1.807, 2.05) is 0 Å². The molecular formula is C18H12ClF6N7S2. The molecule has 0 saturated heterocycles. The highest BCUT2D eigenvalue weighted by Gasteiger charge is 2.37. The molecule has 7 nitrogen and oxygen atoms in total. The Balaban J connectivity index is 1.59. The first-order valence-corrected chi connectivity index (χ1v) is 11.4. The Labute approximate surface area is 201 Å². The predicted molar refractivity (Wildman–Crippen MR) is 114 cm³/mol. The van der Waals surface area contributed by atoms with Crippen LogP contribution in [-0.4, -0.2) is 43.4 Å². The molecule has 3 heterocycles. The summed E-state index contributed by atoms with van der Waals surface area (Å²) in [6, 6.07) is 2.61. The molecule has 0 bridgehead atoms. The van der Waals surface area contributed by atoms with Gasteiger partial charge in [-0.15, -0.1) is 5.10 Å². The topological polar surface area (TPSA) is 91.7 Å². The Kier molecular flexibility index (Phi) is 6.96. The molecular weight excluding hydrogens is 528 g/mol. The standard InChI is InChI=1S/C18H12ClF6N7S2/c19-11-7-12(29-15(28-11)34-14-26-2-1-3-27-14)33-16-30-13(31-32-16)8-4-9(17(20,21)22)6-10(5-8)18(23,24)25/h4-7H,1-3H2,(H,26,27)(H,30,31,32). The van der Waals surface area contributed by atoms with Crippen molar-refractivity contribution in [1.29, 1.82) is 0 Å². The van der Waals surface area contributed by atoms with Crippen molar-refractivity contribution in [2.45, 2.75) is 34.1 Å². The number of benzene rings is 1. The van der Waals surface area contributed by atoms with Crippen molar-refractivity contribution in [2.24, 2.45) is 4.99 Å². The van der Waals surface area contributed by atoms with Crippen molar-refractivity contribution in [1.82, 2.24) is 30.5 Å². The molecule has 34 heavy (non-hydrogen) atoms. The van der Waals surface area contributed by atoms with Crippen molar-refractivity contribution in [3.63, 3.8) is 0 Å². The van der Waals surface area contributed by atoms with E-state index in [1.165, 1.54) is 17.8 Å². The molecule has 0 saturated carbocycles. The third-order valence-corrected chi connectivity index (χ3v) is 6.04. The molecule has 1 aliphatic heterocycles. The van der Waals surface area contributed by atoms with Gasteiger partial charge >= 0.3 is 12.4 Å². The number of aromatic nitrogens is 5. The molecule has 0 aliphatic carbocycles. The Morgan fingerprint density at radius 2 is 1.56 bits per heavy atom. The maximum Gasteiger partial charge on any atom is 0.416 e. The first kappa shape index (κ1) is 24.6. The average molecular weight is 540 g/mol. The Bertz CT molecular complexity index is 1200. The zero-order valence-corrected chi connectivity index (χ0v) is 19.0. The fraction of sp³-hybridized carbons (Fsp3) is 0.278. The van der Waals surface area contributed by atoms with Crippen LogP contribution >= 0.6 is 35.1 Å². The minimum absolute atomic E-state index is 0.0137. The van der Waals surface area contributed by atoms with E-state index >= 15 is 0 Å². The highest BCUT2D eigenvalue weighted by Crippen LogP contribution is 2.38. The average Bonchev–Trinajstić information content (AvgIpc) is 3.21. The summed E-state index contributed by atoms with van der Waals surface area (Å²) < 4.78 is 78.8. The van der Waals surface area contributed by atoms with E-state index in [-0.39, 0.29) is 22.2 Å². The molecule has 0 atom stereocenters. The number of nitrogens with one attached hydrogen (secondary N) is 2. The van der Waals surface area contributed by atoms with E-state index in [0.717, 1.165) is 24.7 Å². The normalized spacial score (nSPS) is 14.6. The van der Waals surface area contributed by atoms with Gasteiger partial charge in [0.05, 0.1) is 11.1 Å². The monoisotopic (exact) mass is 539 g/mol. The smallest absolute Gasteiger partial charge is 0.364 e.